The van der Waals surface area contributed by atoms with Gasteiger partial charge in [0.25, 0.3) is 0 Å². The van der Waals surface area contributed by atoms with Crippen LogP contribution in [0.25, 0.3) is 11.2 Å². The minimum atomic E-state index is -0.473. The molecule has 11 heteroatoms. The second kappa shape index (κ2) is 8.31. The Hall–Kier alpha value is -3.62. The molecule has 0 fully saturated rings. The van der Waals surface area contributed by atoms with Gasteiger partial charge < -0.3 is 23.5 Å². The molecule has 8 nitrogen and oxygen atoms in total. The summed E-state index contributed by atoms with van der Waals surface area (Å²) in [7, 11) is 9.49. The number of rotatable bonds is 5. The van der Waals surface area contributed by atoms with Crippen molar-refractivity contribution in [1.82, 2.24) is 19.5 Å². The molecule has 0 unspecified atom stereocenters. The second-order valence-corrected chi connectivity index (χ2v) is 8.90. The van der Waals surface area contributed by atoms with Crippen molar-refractivity contribution in [2.24, 2.45) is 0 Å². The summed E-state index contributed by atoms with van der Waals surface area (Å²) in [6.45, 7) is 1.99. The van der Waals surface area contributed by atoms with Gasteiger partial charge in [-0.2, -0.15) is 0 Å². The molecule has 0 spiro atoms. The number of methoxy groups -OCH3 is 2. The lowest BCUT2D eigenvalue weighted by Crippen LogP contribution is -2.43. The lowest BCUT2D eigenvalue weighted by atomic mass is 9.57. The van der Waals surface area contributed by atoms with Crippen molar-refractivity contribution >= 4 is 40.4 Å². The molecule has 1 aliphatic rings. The molecule has 0 radical (unpaired) electrons. The highest BCUT2D eigenvalue weighted by Gasteiger charge is 2.35. The van der Waals surface area contributed by atoms with Gasteiger partial charge in [0.05, 0.1) is 19.9 Å². The fraction of sp³-hybridized carbons (Fsp3) is 0.261. The SMILES string of the molecule is Bc1nc2cccnc2n1C(B)(B)c1cc(OC)c2c(c1)O[C@@H](C)[C@H](c1ccc(OC)nc1)O2. The largest absolute Gasteiger partial charge is 0.493 e. The first-order valence-corrected chi connectivity index (χ1v) is 11.2. The van der Waals surface area contributed by atoms with E-state index in [9.17, 15) is 0 Å². The minimum absolute atomic E-state index is 0.233. The van der Waals surface area contributed by atoms with Gasteiger partial charge in [-0.25, -0.2) is 15.0 Å². The number of benzene rings is 1. The Morgan fingerprint density at radius 2 is 1.88 bits per heavy atom. The summed E-state index contributed by atoms with van der Waals surface area (Å²) in [4.78, 5) is 13.6. The predicted octanol–water partition coefficient (Wildman–Crippen LogP) is -0.0723. The normalized spacial score (nSPS) is 17.5. The van der Waals surface area contributed by atoms with E-state index in [1.54, 1.807) is 26.6 Å². The number of hydrogen-bond acceptors (Lipinski definition) is 7. The minimum Gasteiger partial charge on any atom is -0.493 e. The molecule has 0 aliphatic carbocycles. The molecule has 0 saturated heterocycles. The third kappa shape index (κ3) is 3.55. The van der Waals surface area contributed by atoms with Gasteiger partial charge in [-0.3, -0.25) is 0 Å². The van der Waals surface area contributed by atoms with Crippen molar-refractivity contribution < 1.29 is 18.9 Å². The molecule has 0 amide bonds. The van der Waals surface area contributed by atoms with Crippen LogP contribution in [0.1, 0.15) is 24.2 Å². The smallest absolute Gasteiger partial charge is 0.212 e. The molecule has 1 aliphatic heterocycles. The van der Waals surface area contributed by atoms with Crippen molar-refractivity contribution in [3.8, 4) is 23.1 Å². The Labute approximate surface area is 200 Å². The van der Waals surface area contributed by atoms with Crippen molar-refractivity contribution in [2.45, 2.75) is 24.5 Å². The number of imidazole rings is 1. The highest BCUT2D eigenvalue weighted by atomic mass is 16.6. The van der Waals surface area contributed by atoms with Gasteiger partial charge in [0.15, 0.2) is 31.1 Å². The first-order valence-electron chi connectivity index (χ1n) is 11.2. The van der Waals surface area contributed by atoms with Crippen LogP contribution < -0.4 is 24.7 Å². The Morgan fingerprint density at radius 1 is 1.06 bits per heavy atom. The highest BCUT2D eigenvalue weighted by Crippen LogP contribution is 2.47. The quantitative estimate of drug-likeness (QED) is 0.391. The number of pyridine rings is 2. The summed E-state index contributed by atoms with van der Waals surface area (Å²) < 4.78 is 25.9. The molecule has 2 atom stereocenters. The highest BCUT2D eigenvalue weighted by molar-refractivity contribution is 6.42. The van der Waals surface area contributed by atoms with Crippen LogP contribution in [0.3, 0.4) is 0 Å². The van der Waals surface area contributed by atoms with Crippen molar-refractivity contribution in [2.75, 3.05) is 14.2 Å². The molecular formula is C23H25B3N4O4. The zero-order valence-corrected chi connectivity index (χ0v) is 20.2. The number of hydrogen-bond donors (Lipinski definition) is 0. The van der Waals surface area contributed by atoms with Crippen molar-refractivity contribution in [3.05, 3.63) is 59.9 Å². The fourth-order valence-corrected chi connectivity index (χ4v) is 4.61. The molecule has 4 aromatic rings. The van der Waals surface area contributed by atoms with E-state index < -0.39 is 5.34 Å². The summed E-state index contributed by atoms with van der Waals surface area (Å²) in [5.41, 5.74) is 4.47. The monoisotopic (exact) mass is 454 g/mol. The first kappa shape index (κ1) is 22.2. The van der Waals surface area contributed by atoms with E-state index in [1.165, 1.54) is 0 Å². The van der Waals surface area contributed by atoms with Crippen LogP contribution in [0.15, 0.2) is 48.8 Å². The molecule has 0 bridgehead atoms. The Balaban J connectivity index is 1.56. The van der Waals surface area contributed by atoms with E-state index in [0.29, 0.717) is 23.1 Å². The van der Waals surface area contributed by atoms with Gasteiger partial charge in [0, 0.05) is 29.4 Å². The maximum Gasteiger partial charge on any atom is 0.212 e. The molecule has 34 heavy (non-hydrogen) atoms. The average Bonchev–Trinajstić information content (AvgIpc) is 3.19. The first-order chi connectivity index (χ1) is 16.3. The standard InChI is InChI=1S/C23H25B3N4O4/c1-12-19(13-6-7-18(32-3)28-11-13)34-20-16(31-2)9-14(10-17(20)33-12)23(25,26)30-21-15(29-22(30)24)5-4-8-27-21/h4-12,19H,24-26H2,1-3H3/t12-,19+/m0/s1. The second-order valence-electron chi connectivity index (χ2n) is 8.90. The average molecular weight is 454 g/mol. The van der Waals surface area contributed by atoms with E-state index in [0.717, 1.165) is 28.0 Å². The number of aromatic nitrogens is 4. The van der Waals surface area contributed by atoms with E-state index >= 15 is 0 Å². The van der Waals surface area contributed by atoms with Gasteiger partial charge in [-0.05, 0) is 42.8 Å². The number of ether oxygens (including phenoxy) is 4. The van der Waals surface area contributed by atoms with E-state index in [1.807, 2.05) is 51.2 Å². The number of fused-ring (bicyclic) bond motifs is 2. The van der Waals surface area contributed by atoms with Crippen LogP contribution >= 0.6 is 0 Å². The van der Waals surface area contributed by atoms with Gasteiger partial charge in [-0.15, -0.1) is 0 Å². The molecule has 3 aromatic heterocycles. The molecule has 5 rings (SSSR count). The van der Waals surface area contributed by atoms with E-state index in [4.69, 9.17) is 23.9 Å². The molecule has 0 saturated carbocycles. The summed E-state index contributed by atoms with van der Waals surface area (Å²) in [6.07, 6.45) is 2.97. The van der Waals surface area contributed by atoms with Crippen molar-refractivity contribution in [3.63, 3.8) is 0 Å². The third-order valence-corrected chi connectivity index (χ3v) is 6.37. The predicted molar refractivity (Wildman–Crippen MR) is 137 cm³/mol. The Kier molecular flexibility index (Phi) is 5.42. The Bertz CT molecular complexity index is 1360. The van der Waals surface area contributed by atoms with E-state index in [2.05, 4.69) is 30.2 Å². The fourth-order valence-electron chi connectivity index (χ4n) is 4.61. The lowest BCUT2D eigenvalue weighted by Gasteiger charge is -2.35. The summed E-state index contributed by atoms with van der Waals surface area (Å²) in [5, 5.41) is -0.473. The van der Waals surface area contributed by atoms with Gasteiger partial charge >= 0.3 is 0 Å². The van der Waals surface area contributed by atoms with Crippen LogP contribution in [0, 0.1) is 0 Å². The summed E-state index contributed by atoms with van der Waals surface area (Å²) in [6, 6.07) is 11.6. The van der Waals surface area contributed by atoms with Gasteiger partial charge in [-0.1, -0.05) is 0 Å². The maximum atomic E-state index is 6.42. The molecule has 1 aromatic carbocycles. The van der Waals surface area contributed by atoms with E-state index in [-0.39, 0.29) is 12.2 Å². The van der Waals surface area contributed by atoms with Crippen LogP contribution in [0.5, 0.6) is 23.1 Å². The van der Waals surface area contributed by atoms with Gasteiger partial charge in [0.1, 0.15) is 27.3 Å². The molecule has 170 valence electrons. The van der Waals surface area contributed by atoms with Crippen LogP contribution in [0.4, 0.5) is 0 Å². The van der Waals surface area contributed by atoms with Crippen LogP contribution in [-0.4, -0.2) is 63.4 Å². The molecular weight excluding hydrogens is 429 g/mol. The Morgan fingerprint density at radius 3 is 2.59 bits per heavy atom. The van der Waals surface area contributed by atoms with Crippen LogP contribution in [-0.2, 0) is 5.34 Å². The topological polar surface area (TPSA) is 80.5 Å². The van der Waals surface area contributed by atoms with Crippen LogP contribution in [0.2, 0.25) is 0 Å². The maximum absolute atomic E-state index is 6.42. The lowest BCUT2D eigenvalue weighted by molar-refractivity contribution is 0.0277. The summed E-state index contributed by atoms with van der Waals surface area (Å²) >= 11 is 0. The molecule has 0 N–H and O–H groups in total. The zero-order valence-electron chi connectivity index (χ0n) is 20.2. The summed E-state index contributed by atoms with van der Waals surface area (Å²) in [5.74, 6) is 2.37. The zero-order chi connectivity index (χ0) is 24.0. The van der Waals surface area contributed by atoms with Crippen molar-refractivity contribution in [1.29, 1.82) is 0 Å². The third-order valence-electron chi connectivity index (χ3n) is 6.37. The van der Waals surface area contributed by atoms with Gasteiger partial charge in [0.2, 0.25) is 11.6 Å². The molecule has 4 heterocycles. The number of nitrogens with zero attached hydrogens (tertiary/aromatic N) is 4.